The van der Waals surface area contributed by atoms with Crippen LogP contribution >= 0.6 is 22.7 Å². The number of carbonyl (C=O) groups excluding carboxylic acids is 3. The van der Waals surface area contributed by atoms with Gasteiger partial charge in [0.25, 0.3) is 11.9 Å². The number of nitrogens with one attached hydrogen (secondary N) is 2. The van der Waals surface area contributed by atoms with E-state index in [0.29, 0.717) is 32.4 Å². The van der Waals surface area contributed by atoms with Crippen LogP contribution in [-0.4, -0.2) is 84.5 Å². The maximum Gasteiger partial charge on any atom is 0.341 e. The molecule has 0 aliphatic carbocycles. The Labute approximate surface area is 313 Å². The summed E-state index contributed by atoms with van der Waals surface area (Å²) >= 11 is 2.14. The van der Waals surface area contributed by atoms with Crippen molar-refractivity contribution in [3.8, 4) is 17.9 Å². The third-order valence-electron chi connectivity index (χ3n) is 7.52. The zero-order chi connectivity index (χ0) is 39.4. The van der Waals surface area contributed by atoms with Crippen LogP contribution < -0.4 is 21.5 Å². The van der Waals surface area contributed by atoms with Crippen molar-refractivity contribution < 1.29 is 33.7 Å². The summed E-state index contributed by atoms with van der Waals surface area (Å²) in [6.07, 6.45) is 0.795. The number of anilines is 3. The molecule has 282 valence electrons. The number of rotatable bonds is 14. The van der Waals surface area contributed by atoms with Crippen molar-refractivity contribution in [2.24, 2.45) is 20.5 Å². The maximum absolute atomic E-state index is 12.6. The molecule has 1 amide bonds. The molecule has 54 heavy (non-hydrogen) atoms. The molecule has 0 saturated heterocycles. The van der Waals surface area contributed by atoms with Crippen molar-refractivity contribution in [2.45, 2.75) is 41.2 Å². The summed E-state index contributed by atoms with van der Waals surface area (Å²) in [5.41, 5.74) is 15.1. The van der Waals surface area contributed by atoms with E-state index in [1.807, 2.05) is 0 Å². The highest BCUT2D eigenvalue weighted by atomic mass is 32.1. The van der Waals surface area contributed by atoms with Gasteiger partial charge in [0.05, 0.1) is 31.2 Å². The predicted octanol–water partition coefficient (Wildman–Crippen LogP) is 4.65. The quantitative estimate of drug-likeness (QED) is 0.0337. The second kappa shape index (κ2) is 16.0. The van der Waals surface area contributed by atoms with E-state index in [2.05, 4.69) is 50.9 Å². The number of aliphatic hydroxyl groups excluding tert-OH is 1. The van der Waals surface area contributed by atoms with Crippen LogP contribution in [0.2, 0.25) is 0 Å². The van der Waals surface area contributed by atoms with Crippen molar-refractivity contribution in [1.82, 2.24) is 34.5 Å². The van der Waals surface area contributed by atoms with E-state index in [1.165, 1.54) is 30.5 Å². The number of hydrogen-bond acceptors (Lipinski definition) is 21. The molecule has 0 atom stereocenters. The second-order valence-corrected chi connectivity index (χ2v) is 13.1. The molecular weight excluding hydrogens is 747 g/mol. The molecule has 0 saturated carbocycles. The van der Waals surface area contributed by atoms with Gasteiger partial charge in [-0.05, 0) is 38.8 Å². The fourth-order valence-corrected chi connectivity index (χ4v) is 7.03. The Morgan fingerprint density at radius 1 is 0.870 bits per heavy atom. The first-order valence-corrected chi connectivity index (χ1v) is 17.1. The number of methoxy groups -OCH3 is 2. The Balaban J connectivity index is 1.52. The fourth-order valence-electron chi connectivity index (χ4n) is 4.90. The minimum atomic E-state index is -0.777. The number of Topliss-reactive ketones (excluding diaryl/α,β-unsaturated/α-hetero) is 1. The standard InChI is InChI=1S/C30H33N15O7S2/c1-11-17(9-52-10-31)53-26(19(11)27(49)50-6)41-39-21-14(4)43-45(23(21)33)29-35-28(36-30(37-29)51-7)44-22(32)20(13(3)42-44)38-40-25-18(16(48)8-46)12(2)24(54-25)34-15(5)47/h10,31,46H,8-9,32-33H2,1-7H3,(H,34,47). The molecule has 0 spiro atoms. The smallest absolute Gasteiger partial charge is 0.341 e. The van der Waals surface area contributed by atoms with E-state index < -0.39 is 18.4 Å². The van der Waals surface area contributed by atoms with Crippen LogP contribution in [0.15, 0.2) is 20.5 Å². The molecule has 22 nitrogen and oxygen atoms in total. The van der Waals surface area contributed by atoms with Crippen LogP contribution in [0.4, 0.5) is 38.0 Å². The molecule has 5 rings (SSSR count). The van der Waals surface area contributed by atoms with E-state index in [-0.39, 0.29) is 74.6 Å². The number of thiophene rings is 2. The van der Waals surface area contributed by atoms with Crippen LogP contribution in [0.5, 0.6) is 6.01 Å². The van der Waals surface area contributed by atoms with Crippen LogP contribution in [-0.2, 0) is 20.9 Å². The minimum absolute atomic E-state index is 0.0204. The molecule has 0 aliphatic rings. The number of hydrogen-bond donors (Lipinski definition) is 5. The predicted molar refractivity (Wildman–Crippen MR) is 196 cm³/mol. The first-order valence-electron chi connectivity index (χ1n) is 15.4. The maximum atomic E-state index is 12.6. The van der Waals surface area contributed by atoms with Crippen molar-refractivity contribution in [3.05, 3.63) is 38.5 Å². The van der Waals surface area contributed by atoms with Gasteiger partial charge in [-0.2, -0.15) is 34.5 Å². The average Bonchev–Trinajstić information content (AvgIpc) is 3.83. The monoisotopic (exact) mass is 779 g/mol. The number of aryl methyl sites for hydroxylation is 2. The number of aromatic nitrogens is 7. The molecule has 0 radical (unpaired) electrons. The summed E-state index contributed by atoms with van der Waals surface area (Å²) < 4.78 is 17.7. The summed E-state index contributed by atoms with van der Waals surface area (Å²) in [5.74, 6) is -1.86. The molecular formula is C30H33N15O7S2. The van der Waals surface area contributed by atoms with Gasteiger partial charge in [0.2, 0.25) is 5.91 Å². The third-order valence-corrected chi connectivity index (χ3v) is 9.76. The largest absolute Gasteiger partial charge is 0.478 e. The number of azo groups is 2. The van der Waals surface area contributed by atoms with E-state index in [0.717, 1.165) is 29.1 Å². The first-order chi connectivity index (χ1) is 25.7. The average molecular weight is 780 g/mol. The number of amides is 1. The van der Waals surface area contributed by atoms with Crippen LogP contribution in [0.3, 0.4) is 0 Å². The lowest BCUT2D eigenvalue weighted by Crippen LogP contribution is -2.14. The normalized spacial score (nSPS) is 11.4. The Hall–Kier alpha value is -6.53. The van der Waals surface area contributed by atoms with E-state index in [1.54, 1.807) is 27.7 Å². The summed E-state index contributed by atoms with van der Waals surface area (Å²) in [6.45, 7) is 7.16. The molecule has 0 aromatic carbocycles. The molecule has 24 heteroatoms. The van der Waals surface area contributed by atoms with Gasteiger partial charge in [-0.25, -0.2) is 4.79 Å². The van der Waals surface area contributed by atoms with Crippen molar-refractivity contribution >= 4 is 84.7 Å². The highest BCUT2D eigenvalue weighted by Gasteiger charge is 2.26. The van der Waals surface area contributed by atoms with Gasteiger partial charge in [0.1, 0.15) is 23.8 Å². The molecule has 0 fully saturated rings. The Morgan fingerprint density at radius 3 is 1.91 bits per heavy atom. The number of carbonyl (C=O) groups is 3. The highest BCUT2D eigenvalue weighted by Crippen LogP contribution is 2.42. The SMILES string of the molecule is COC(=O)c1c(N=Nc2c(C)nn(-c3nc(OC)nc(-n4nc(C)c(N=Nc5sc(NC(C)=O)c(C)c5C(=O)CO)c4N)n3)c2N)sc(COC=N)c1C. The number of ether oxygens (including phenoxy) is 3. The third kappa shape index (κ3) is 7.50. The highest BCUT2D eigenvalue weighted by molar-refractivity contribution is 7.20. The Bertz CT molecular complexity index is 2360. The van der Waals surface area contributed by atoms with Crippen molar-refractivity contribution in [3.63, 3.8) is 0 Å². The summed E-state index contributed by atoms with van der Waals surface area (Å²) in [7, 11) is 2.58. The Morgan fingerprint density at radius 2 is 1.43 bits per heavy atom. The topological polar surface area (TPSA) is 311 Å². The lowest BCUT2D eigenvalue weighted by atomic mass is 10.1. The van der Waals surface area contributed by atoms with Gasteiger partial charge < -0.3 is 36.1 Å². The van der Waals surface area contributed by atoms with E-state index >= 15 is 0 Å². The van der Waals surface area contributed by atoms with Gasteiger partial charge in [0.15, 0.2) is 45.2 Å². The number of aliphatic hydroxyl groups is 1. The zero-order valence-corrected chi connectivity index (χ0v) is 31.4. The number of nitrogens with zero attached hydrogens (tertiary/aromatic N) is 11. The molecule has 0 bridgehead atoms. The first kappa shape index (κ1) is 38.7. The van der Waals surface area contributed by atoms with Gasteiger partial charge in [0, 0.05) is 11.8 Å². The minimum Gasteiger partial charge on any atom is -0.478 e. The van der Waals surface area contributed by atoms with Crippen LogP contribution in [0, 0.1) is 33.1 Å². The van der Waals surface area contributed by atoms with E-state index in [9.17, 15) is 19.5 Å². The van der Waals surface area contributed by atoms with E-state index in [4.69, 9.17) is 31.1 Å². The molecule has 0 aliphatic heterocycles. The second-order valence-electron chi connectivity index (χ2n) is 11.0. The number of esters is 1. The van der Waals surface area contributed by atoms with Crippen LogP contribution in [0.25, 0.3) is 11.9 Å². The fraction of sp³-hybridized carbons (Fsp3) is 0.300. The Kier molecular flexibility index (Phi) is 11.5. The zero-order valence-electron chi connectivity index (χ0n) is 29.8. The molecule has 0 unspecified atom stereocenters. The summed E-state index contributed by atoms with van der Waals surface area (Å²) in [4.78, 5) is 50.5. The molecule has 5 aromatic heterocycles. The molecule has 5 heterocycles. The lowest BCUT2D eigenvalue weighted by Gasteiger charge is -2.08. The number of nitrogen functional groups attached to an aromatic ring is 2. The lowest BCUT2D eigenvalue weighted by molar-refractivity contribution is -0.114. The van der Waals surface area contributed by atoms with Crippen molar-refractivity contribution in [1.29, 1.82) is 5.41 Å². The summed E-state index contributed by atoms with van der Waals surface area (Å²) in [6, 6.07) is -0.148. The van der Waals surface area contributed by atoms with Gasteiger partial charge >= 0.3 is 12.0 Å². The van der Waals surface area contributed by atoms with Crippen LogP contribution in [0.1, 0.15) is 55.0 Å². The van der Waals surface area contributed by atoms with Crippen molar-refractivity contribution in [2.75, 3.05) is 37.6 Å². The summed E-state index contributed by atoms with van der Waals surface area (Å²) in [5, 5.41) is 46.0. The molecule has 7 N–H and O–H groups in total. The van der Waals surface area contributed by atoms with Gasteiger partial charge in [-0.15, -0.1) is 31.8 Å². The number of nitrogens with two attached hydrogens (primary N) is 2. The van der Waals surface area contributed by atoms with Gasteiger partial charge in [-0.3, -0.25) is 15.0 Å². The molecule has 5 aromatic rings. The number of ketones is 1. The van der Waals surface area contributed by atoms with Gasteiger partial charge in [-0.1, -0.05) is 11.3 Å².